The van der Waals surface area contributed by atoms with Gasteiger partial charge in [0, 0.05) is 11.6 Å². The third-order valence-corrected chi connectivity index (χ3v) is 4.48. The van der Waals surface area contributed by atoms with Crippen LogP contribution in [0.1, 0.15) is 31.9 Å². The standard InChI is InChI=1S/C16H24NO9P/c1-10(2)15(26-16(18)25-6-5-7-27(20,21)22)11-8-13(23-3)14(24-4)9-12(11)17-19/h8-10,15H,5-7H2,1-4H3,(H2,20,21,22). The van der Waals surface area contributed by atoms with Crippen molar-refractivity contribution in [2.75, 3.05) is 27.0 Å². The first-order valence-corrected chi connectivity index (χ1v) is 9.90. The van der Waals surface area contributed by atoms with Crippen LogP contribution in [0, 0.1) is 10.8 Å². The summed E-state index contributed by atoms with van der Waals surface area (Å²) in [6.45, 7) is 3.34. The molecule has 0 fully saturated rings. The van der Waals surface area contributed by atoms with Crippen molar-refractivity contribution < 1.29 is 38.1 Å². The van der Waals surface area contributed by atoms with Crippen LogP contribution < -0.4 is 9.47 Å². The summed E-state index contributed by atoms with van der Waals surface area (Å²) in [5, 5.41) is 2.96. The average molecular weight is 405 g/mol. The van der Waals surface area contributed by atoms with Gasteiger partial charge < -0.3 is 28.7 Å². The molecule has 1 rings (SSSR count). The Labute approximate surface area is 156 Å². The molecule has 1 aromatic carbocycles. The summed E-state index contributed by atoms with van der Waals surface area (Å²) >= 11 is 0. The molecule has 0 bridgehead atoms. The molecule has 0 saturated carbocycles. The maximum absolute atomic E-state index is 11.9. The number of benzene rings is 1. The summed E-state index contributed by atoms with van der Waals surface area (Å²) in [5.41, 5.74) is 0.352. The van der Waals surface area contributed by atoms with Gasteiger partial charge in [-0.3, -0.25) is 4.57 Å². The Kier molecular flexibility index (Phi) is 8.68. The van der Waals surface area contributed by atoms with E-state index in [-0.39, 0.29) is 24.6 Å². The average Bonchev–Trinajstić information content (AvgIpc) is 2.61. The number of rotatable bonds is 10. The molecule has 0 aliphatic rings. The Morgan fingerprint density at radius 3 is 2.26 bits per heavy atom. The summed E-state index contributed by atoms with van der Waals surface area (Å²) in [5.74, 6) is 0.411. The molecule has 0 aliphatic carbocycles. The largest absolute Gasteiger partial charge is 0.508 e. The summed E-state index contributed by atoms with van der Waals surface area (Å²) in [4.78, 5) is 40.7. The first-order valence-electron chi connectivity index (χ1n) is 8.10. The number of carbonyl (C=O) groups excluding carboxylic acids is 1. The van der Waals surface area contributed by atoms with E-state index >= 15 is 0 Å². The summed E-state index contributed by atoms with van der Waals surface area (Å²) < 4.78 is 31.2. The lowest BCUT2D eigenvalue weighted by Crippen LogP contribution is -2.18. The van der Waals surface area contributed by atoms with Crippen molar-refractivity contribution in [3.8, 4) is 11.5 Å². The van der Waals surface area contributed by atoms with E-state index in [1.807, 2.05) is 0 Å². The van der Waals surface area contributed by atoms with Gasteiger partial charge in [0.2, 0.25) is 0 Å². The lowest BCUT2D eigenvalue weighted by Gasteiger charge is -2.23. The Bertz CT molecular complexity index is 701. The van der Waals surface area contributed by atoms with E-state index in [1.54, 1.807) is 13.8 Å². The fourth-order valence-electron chi connectivity index (χ4n) is 2.31. The van der Waals surface area contributed by atoms with Crippen molar-refractivity contribution in [3.63, 3.8) is 0 Å². The third kappa shape index (κ3) is 7.16. The van der Waals surface area contributed by atoms with Gasteiger partial charge in [-0.25, -0.2) is 4.79 Å². The highest BCUT2D eigenvalue weighted by Crippen LogP contribution is 2.41. The number of carbonyl (C=O) groups is 1. The molecule has 2 N–H and O–H groups in total. The SMILES string of the molecule is COc1cc(N=O)c(C(OC(=O)OCCCP(=O)(O)O)C(C)C)cc1OC. The molecule has 1 aromatic rings. The van der Waals surface area contributed by atoms with Crippen molar-refractivity contribution in [3.05, 3.63) is 22.6 Å². The van der Waals surface area contributed by atoms with Crippen LogP contribution in [-0.4, -0.2) is 42.9 Å². The number of nitroso groups, excluding NO2 is 1. The van der Waals surface area contributed by atoms with Crippen molar-refractivity contribution in [1.82, 2.24) is 0 Å². The summed E-state index contributed by atoms with van der Waals surface area (Å²) in [7, 11) is -1.31. The molecule has 1 atom stereocenters. The number of ether oxygens (including phenoxy) is 4. The topological polar surface area (TPSA) is 141 Å². The number of hydrogen-bond donors (Lipinski definition) is 2. The van der Waals surface area contributed by atoms with Gasteiger partial charge in [-0.15, -0.1) is 4.91 Å². The normalized spacial score (nSPS) is 12.4. The van der Waals surface area contributed by atoms with Gasteiger partial charge in [-0.05, 0) is 23.6 Å². The van der Waals surface area contributed by atoms with Gasteiger partial charge in [0.15, 0.2) is 11.5 Å². The first kappa shape index (κ1) is 22.9. The zero-order valence-corrected chi connectivity index (χ0v) is 16.5. The minimum Gasteiger partial charge on any atom is -0.493 e. The lowest BCUT2D eigenvalue weighted by molar-refractivity contribution is 0.00676. The molecule has 10 nitrogen and oxygen atoms in total. The fraction of sp³-hybridized carbons (Fsp3) is 0.562. The Morgan fingerprint density at radius 2 is 1.78 bits per heavy atom. The van der Waals surface area contributed by atoms with E-state index in [0.29, 0.717) is 17.1 Å². The van der Waals surface area contributed by atoms with Crippen LogP contribution in [0.2, 0.25) is 0 Å². The third-order valence-electron chi connectivity index (χ3n) is 3.58. The summed E-state index contributed by atoms with van der Waals surface area (Å²) in [6, 6.07) is 2.88. The molecular formula is C16H24NO9P. The predicted octanol–water partition coefficient (Wildman–Crippen LogP) is 3.52. The quantitative estimate of drug-likeness (QED) is 0.259. The zero-order chi connectivity index (χ0) is 20.6. The highest BCUT2D eigenvalue weighted by atomic mass is 31.2. The van der Waals surface area contributed by atoms with Crippen molar-refractivity contribution in [2.45, 2.75) is 26.4 Å². The molecule has 0 amide bonds. The van der Waals surface area contributed by atoms with E-state index in [9.17, 15) is 14.3 Å². The highest BCUT2D eigenvalue weighted by molar-refractivity contribution is 7.51. The monoisotopic (exact) mass is 405 g/mol. The number of nitrogens with zero attached hydrogens (tertiary/aromatic N) is 1. The first-order chi connectivity index (χ1) is 12.6. The number of hydrogen-bond acceptors (Lipinski definition) is 8. The predicted molar refractivity (Wildman–Crippen MR) is 96.5 cm³/mol. The molecule has 0 aliphatic heterocycles. The van der Waals surface area contributed by atoms with Gasteiger partial charge >= 0.3 is 13.8 Å². The van der Waals surface area contributed by atoms with Crippen LogP contribution in [0.4, 0.5) is 10.5 Å². The molecule has 152 valence electrons. The second-order valence-electron chi connectivity index (χ2n) is 5.98. The van der Waals surface area contributed by atoms with E-state index in [4.69, 9.17) is 28.7 Å². The molecular weight excluding hydrogens is 381 g/mol. The van der Waals surface area contributed by atoms with Crippen LogP contribution >= 0.6 is 7.60 Å². The van der Waals surface area contributed by atoms with Crippen LogP contribution in [0.5, 0.6) is 11.5 Å². The van der Waals surface area contributed by atoms with E-state index in [2.05, 4.69) is 5.18 Å². The minimum absolute atomic E-state index is 0.0107. The Balaban J connectivity index is 2.94. The molecule has 0 aromatic heterocycles. The second-order valence-corrected chi connectivity index (χ2v) is 7.76. The lowest BCUT2D eigenvalue weighted by atomic mass is 9.97. The smallest absolute Gasteiger partial charge is 0.493 e. The maximum Gasteiger partial charge on any atom is 0.508 e. The minimum atomic E-state index is -4.15. The van der Waals surface area contributed by atoms with Gasteiger partial charge in [-0.1, -0.05) is 13.8 Å². The highest BCUT2D eigenvalue weighted by Gasteiger charge is 2.27. The Morgan fingerprint density at radius 1 is 1.19 bits per heavy atom. The van der Waals surface area contributed by atoms with Crippen LogP contribution in [0.3, 0.4) is 0 Å². The molecule has 0 radical (unpaired) electrons. The van der Waals surface area contributed by atoms with Crippen LogP contribution in [0.15, 0.2) is 17.3 Å². The van der Waals surface area contributed by atoms with Crippen LogP contribution in [0.25, 0.3) is 0 Å². The van der Waals surface area contributed by atoms with Gasteiger partial charge in [0.25, 0.3) is 0 Å². The molecule has 1 unspecified atom stereocenters. The van der Waals surface area contributed by atoms with Gasteiger partial charge in [0.1, 0.15) is 11.8 Å². The van der Waals surface area contributed by atoms with Crippen molar-refractivity contribution in [1.29, 1.82) is 0 Å². The molecule has 0 spiro atoms. The van der Waals surface area contributed by atoms with Crippen LogP contribution in [-0.2, 0) is 14.0 Å². The van der Waals surface area contributed by atoms with E-state index < -0.39 is 26.0 Å². The number of methoxy groups -OCH3 is 2. The molecule has 11 heteroatoms. The van der Waals surface area contributed by atoms with E-state index in [1.165, 1.54) is 26.4 Å². The second kappa shape index (κ2) is 10.2. The fourth-order valence-corrected chi connectivity index (χ4v) is 2.85. The van der Waals surface area contributed by atoms with Crippen molar-refractivity contribution >= 4 is 19.4 Å². The van der Waals surface area contributed by atoms with Gasteiger partial charge in [0.05, 0.1) is 27.0 Å². The maximum atomic E-state index is 11.9. The molecule has 0 heterocycles. The zero-order valence-electron chi connectivity index (χ0n) is 15.6. The molecule has 0 saturated heterocycles. The summed E-state index contributed by atoms with van der Waals surface area (Å²) in [6.07, 6.45) is -2.29. The van der Waals surface area contributed by atoms with Crippen molar-refractivity contribution in [2.24, 2.45) is 11.1 Å². The Hall–Kier alpha value is -2.16. The van der Waals surface area contributed by atoms with Gasteiger partial charge in [-0.2, -0.15) is 0 Å². The van der Waals surface area contributed by atoms with E-state index in [0.717, 1.165) is 0 Å². The molecule has 27 heavy (non-hydrogen) atoms.